The Morgan fingerprint density at radius 2 is 2.27 bits per heavy atom. The van der Waals surface area contributed by atoms with Gasteiger partial charge in [0.1, 0.15) is 11.1 Å². The van der Waals surface area contributed by atoms with E-state index in [1.165, 1.54) is 28.3 Å². The minimum atomic E-state index is -0.498. The lowest BCUT2D eigenvalue weighted by molar-refractivity contribution is -0.385. The molecule has 2 aromatic rings. The number of carbonyl (C=O) groups is 1. The predicted molar refractivity (Wildman–Crippen MR) is 101 cm³/mol. The minimum Gasteiger partial charge on any atom is -0.312 e. The molecule has 1 aromatic heterocycles. The second-order valence-electron chi connectivity index (χ2n) is 6.50. The molecule has 1 amide bonds. The van der Waals surface area contributed by atoms with Crippen molar-refractivity contribution in [2.75, 3.05) is 5.32 Å². The highest BCUT2D eigenvalue weighted by atomic mass is 32.1. The topological polar surface area (TPSA) is 96.0 Å². The highest BCUT2D eigenvalue weighted by Gasteiger charge is 2.26. The average molecular weight is 369 g/mol. The van der Waals surface area contributed by atoms with E-state index < -0.39 is 10.8 Å². The second-order valence-corrected chi connectivity index (χ2v) is 7.60. The molecule has 1 aliphatic carbocycles. The van der Waals surface area contributed by atoms with Gasteiger partial charge < -0.3 is 5.32 Å². The van der Waals surface area contributed by atoms with Crippen LogP contribution in [0, 0.1) is 34.3 Å². The Balaban J connectivity index is 1.92. The van der Waals surface area contributed by atoms with E-state index >= 15 is 0 Å². The van der Waals surface area contributed by atoms with Gasteiger partial charge >= 0.3 is 0 Å². The van der Waals surface area contributed by atoms with E-state index in [1.54, 1.807) is 13.0 Å². The van der Waals surface area contributed by atoms with Crippen molar-refractivity contribution in [2.24, 2.45) is 5.92 Å². The summed E-state index contributed by atoms with van der Waals surface area (Å²) in [4.78, 5) is 24.4. The summed E-state index contributed by atoms with van der Waals surface area (Å²) in [6.07, 6.45) is 3.97. The van der Waals surface area contributed by atoms with Gasteiger partial charge in [-0.2, -0.15) is 5.26 Å². The molecule has 0 fully saturated rings. The summed E-state index contributed by atoms with van der Waals surface area (Å²) in [5, 5.41) is 24.0. The Kier molecular flexibility index (Phi) is 5.05. The van der Waals surface area contributed by atoms with Crippen LogP contribution in [0.4, 0.5) is 10.7 Å². The number of amides is 1. The van der Waals surface area contributed by atoms with Gasteiger partial charge in [-0.1, -0.05) is 19.4 Å². The number of nitro groups is 1. The predicted octanol–water partition coefficient (Wildman–Crippen LogP) is 4.60. The number of nitrogens with one attached hydrogen (secondary N) is 1. The van der Waals surface area contributed by atoms with Gasteiger partial charge in [0.25, 0.3) is 11.6 Å². The monoisotopic (exact) mass is 369 g/mol. The van der Waals surface area contributed by atoms with Crippen molar-refractivity contribution in [3.8, 4) is 6.07 Å². The van der Waals surface area contributed by atoms with Crippen molar-refractivity contribution in [1.82, 2.24) is 0 Å². The highest BCUT2D eigenvalue weighted by Crippen LogP contribution is 2.40. The van der Waals surface area contributed by atoms with Crippen molar-refractivity contribution < 1.29 is 9.72 Å². The molecule has 0 aliphatic heterocycles. The van der Waals surface area contributed by atoms with E-state index in [4.69, 9.17) is 0 Å². The van der Waals surface area contributed by atoms with Gasteiger partial charge in [-0.15, -0.1) is 11.3 Å². The first-order chi connectivity index (χ1) is 12.5. The molecule has 1 aliphatic rings. The van der Waals surface area contributed by atoms with Crippen molar-refractivity contribution in [3.05, 3.63) is 55.4 Å². The number of nitrogens with zero attached hydrogens (tertiary/aromatic N) is 2. The summed E-state index contributed by atoms with van der Waals surface area (Å²) in [6.45, 7) is 3.73. The molecule has 6 nitrogen and oxygen atoms in total. The highest BCUT2D eigenvalue weighted by molar-refractivity contribution is 7.16. The van der Waals surface area contributed by atoms with Gasteiger partial charge in [0, 0.05) is 22.1 Å². The number of anilines is 1. The molecule has 1 heterocycles. The molecule has 0 saturated heterocycles. The molecule has 134 valence electrons. The first-order valence-corrected chi connectivity index (χ1v) is 9.37. The molecule has 1 atom stereocenters. The van der Waals surface area contributed by atoms with Crippen molar-refractivity contribution in [1.29, 1.82) is 5.26 Å². The van der Waals surface area contributed by atoms with Crippen molar-refractivity contribution >= 4 is 27.9 Å². The fourth-order valence-electron chi connectivity index (χ4n) is 3.45. The zero-order chi connectivity index (χ0) is 18.8. The molecular weight excluding hydrogens is 350 g/mol. The van der Waals surface area contributed by atoms with E-state index in [2.05, 4.69) is 18.3 Å². The first-order valence-electron chi connectivity index (χ1n) is 8.56. The number of thiophene rings is 1. The fourth-order valence-corrected chi connectivity index (χ4v) is 4.75. The first kappa shape index (κ1) is 18.1. The van der Waals surface area contributed by atoms with Crippen LogP contribution < -0.4 is 5.32 Å². The molecule has 26 heavy (non-hydrogen) atoms. The van der Waals surface area contributed by atoms with Crippen LogP contribution in [0.3, 0.4) is 0 Å². The molecule has 1 aromatic carbocycles. The van der Waals surface area contributed by atoms with Crippen LogP contribution in [-0.2, 0) is 12.8 Å². The van der Waals surface area contributed by atoms with Gasteiger partial charge in [0.15, 0.2) is 0 Å². The quantitative estimate of drug-likeness (QED) is 0.629. The zero-order valence-corrected chi connectivity index (χ0v) is 15.5. The standard InChI is InChI=1S/C19H19N3O3S/c1-3-12-7-8-14-15(10-20)19(26-17(14)9-12)21-18(23)13-5-4-6-16(11(13)2)22(24)25/h4-6,12H,3,7-9H2,1-2H3,(H,21,23). The number of nitriles is 1. The summed E-state index contributed by atoms with van der Waals surface area (Å²) >= 11 is 1.46. The molecule has 0 bridgehead atoms. The maximum atomic E-state index is 12.7. The van der Waals surface area contributed by atoms with Crippen LogP contribution in [0.5, 0.6) is 0 Å². The maximum Gasteiger partial charge on any atom is 0.273 e. The van der Waals surface area contributed by atoms with Gasteiger partial charge in [0.2, 0.25) is 0 Å². The number of benzene rings is 1. The van der Waals surface area contributed by atoms with Gasteiger partial charge in [-0.05, 0) is 43.7 Å². The Hall–Kier alpha value is -2.72. The number of nitro benzene ring substituents is 1. The van der Waals surface area contributed by atoms with Gasteiger partial charge in [-0.3, -0.25) is 14.9 Å². The summed E-state index contributed by atoms with van der Waals surface area (Å²) in [7, 11) is 0. The SMILES string of the molecule is CCC1CCc2c(sc(NC(=O)c3cccc([N+](=O)[O-])c3C)c2C#N)C1. The third-order valence-electron chi connectivity index (χ3n) is 5.03. The normalized spacial score (nSPS) is 15.8. The number of hydrogen-bond donors (Lipinski definition) is 1. The van der Waals surface area contributed by atoms with Crippen LogP contribution >= 0.6 is 11.3 Å². The fraction of sp³-hybridized carbons (Fsp3) is 0.368. The Morgan fingerprint density at radius 3 is 2.92 bits per heavy atom. The Bertz CT molecular complexity index is 927. The van der Waals surface area contributed by atoms with Crippen LogP contribution in [0.15, 0.2) is 18.2 Å². The second kappa shape index (κ2) is 7.26. The maximum absolute atomic E-state index is 12.7. The lowest BCUT2D eigenvalue weighted by Gasteiger charge is -2.20. The van der Waals surface area contributed by atoms with Crippen LogP contribution in [0.1, 0.15) is 51.7 Å². The largest absolute Gasteiger partial charge is 0.312 e. The molecule has 3 rings (SSSR count). The molecule has 7 heteroatoms. The molecule has 1 N–H and O–H groups in total. The molecular formula is C19H19N3O3S. The van der Waals surface area contributed by atoms with Crippen molar-refractivity contribution in [2.45, 2.75) is 39.5 Å². The van der Waals surface area contributed by atoms with E-state index in [1.807, 2.05) is 0 Å². The number of carbonyl (C=O) groups excluding carboxylic acids is 1. The average Bonchev–Trinajstić information content (AvgIpc) is 2.97. The minimum absolute atomic E-state index is 0.0885. The van der Waals surface area contributed by atoms with Crippen LogP contribution in [0.25, 0.3) is 0 Å². The van der Waals surface area contributed by atoms with Gasteiger partial charge in [0.05, 0.1) is 10.5 Å². The number of rotatable bonds is 4. The molecule has 0 saturated carbocycles. The van der Waals surface area contributed by atoms with Crippen LogP contribution in [-0.4, -0.2) is 10.8 Å². The molecule has 0 spiro atoms. The lowest BCUT2D eigenvalue weighted by Crippen LogP contribution is -2.14. The third kappa shape index (κ3) is 3.20. The number of hydrogen-bond acceptors (Lipinski definition) is 5. The lowest BCUT2D eigenvalue weighted by atomic mass is 9.86. The zero-order valence-electron chi connectivity index (χ0n) is 14.7. The smallest absolute Gasteiger partial charge is 0.273 e. The summed E-state index contributed by atoms with van der Waals surface area (Å²) in [6, 6.07) is 6.66. The summed E-state index contributed by atoms with van der Waals surface area (Å²) < 4.78 is 0. The molecule has 1 unspecified atom stereocenters. The van der Waals surface area contributed by atoms with E-state index in [9.17, 15) is 20.2 Å². The summed E-state index contributed by atoms with van der Waals surface area (Å²) in [5.41, 5.74) is 2.07. The van der Waals surface area contributed by atoms with E-state index in [0.29, 0.717) is 22.0 Å². The summed E-state index contributed by atoms with van der Waals surface area (Å²) in [5.74, 6) is 0.198. The van der Waals surface area contributed by atoms with Crippen LogP contribution in [0.2, 0.25) is 0 Å². The Labute approximate surface area is 155 Å². The Morgan fingerprint density at radius 1 is 1.50 bits per heavy atom. The molecule has 0 radical (unpaired) electrons. The van der Waals surface area contributed by atoms with E-state index in [0.717, 1.165) is 31.2 Å². The van der Waals surface area contributed by atoms with Crippen molar-refractivity contribution in [3.63, 3.8) is 0 Å². The number of fused-ring (bicyclic) bond motifs is 1. The van der Waals surface area contributed by atoms with Gasteiger partial charge in [-0.25, -0.2) is 0 Å². The van der Waals surface area contributed by atoms with E-state index in [-0.39, 0.29) is 11.3 Å². The third-order valence-corrected chi connectivity index (χ3v) is 6.20.